The number of anilines is 1. The van der Waals surface area contributed by atoms with E-state index in [1.807, 2.05) is 0 Å². The fraction of sp³-hybridized carbons (Fsp3) is 0.625. The maximum absolute atomic E-state index is 13.7. The Labute approximate surface area is 189 Å². The minimum atomic E-state index is -4.68. The minimum Gasteiger partial charge on any atom is -0.388 e. The lowest BCUT2D eigenvalue weighted by atomic mass is 9.88. The fourth-order valence-electron chi connectivity index (χ4n) is 3.71. The van der Waals surface area contributed by atoms with E-state index in [0.717, 1.165) is 50.8 Å². The van der Waals surface area contributed by atoms with E-state index < -0.39 is 17.3 Å². The summed E-state index contributed by atoms with van der Waals surface area (Å²) in [7, 11) is 0. The molecular weight excluding hydrogens is 415 g/mol. The minimum absolute atomic E-state index is 0.0469. The molecule has 0 spiro atoms. The number of hydrogen-bond donors (Lipinski definition) is 2. The normalized spacial score (nSPS) is 15.7. The topological polar surface area (TPSA) is 75.8 Å². The number of hydrogen-bond acceptors (Lipinski definition) is 5. The maximum atomic E-state index is 13.7. The molecule has 0 aromatic carbocycles. The monoisotopic (exact) mass is 449 g/mol. The summed E-state index contributed by atoms with van der Waals surface area (Å²) in [6.07, 6.45) is 3.76. The second-order valence-electron chi connectivity index (χ2n) is 9.55. The van der Waals surface area contributed by atoms with Crippen LogP contribution in [0.4, 0.5) is 19.0 Å². The third-order valence-corrected chi connectivity index (χ3v) is 5.62. The van der Waals surface area contributed by atoms with Gasteiger partial charge in [-0.15, -0.1) is 0 Å². The molecule has 2 heterocycles. The van der Waals surface area contributed by atoms with Gasteiger partial charge in [-0.2, -0.15) is 18.4 Å². The highest BCUT2D eigenvalue weighted by Crippen LogP contribution is 2.37. The van der Waals surface area contributed by atoms with Gasteiger partial charge in [-0.05, 0) is 37.2 Å². The Hall–Kier alpha value is -2.56. The predicted molar refractivity (Wildman–Crippen MR) is 123 cm³/mol. The van der Waals surface area contributed by atoms with E-state index >= 15 is 0 Å². The lowest BCUT2D eigenvalue weighted by Crippen LogP contribution is -2.38. The number of halogens is 3. The number of allylic oxidation sites excluding steroid dienone is 1. The molecule has 1 atom stereocenters. The number of rotatable bonds is 10. The molecule has 1 fully saturated rings. The van der Waals surface area contributed by atoms with E-state index in [-0.39, 0.29) is 28.5 Å². The second kappa shape index (κ2) is 10.8. The molecule has 8 heteroatoms. The van der Waals surface area contributed by atoms with Gasteiger partial charge in [-0.3, -0.25) is 0 Å². The van der Waals surface area contributed by atoms with Crippen LogP contribution in [0.2, 0.25) is 0 Å². The van der Waals surface area contributed by atoms with Crippen LogP contribution in [0.1, 0.15) is 83.0 Å². The van der Waals surface area contributed by atoms with Crippen LogP contribution in [0.3, 0.4) is 0 Å². The Kier molecular flexibility index (Phi) is 8.71. The quantitative estimate of drug-likeness (QED) is 0.420. The van der Waals surface area contributed by atoms with Crippen molar-refractivity contribution in [3.8, 4) is 6.07 Å². The molecule has 1 aliphatic heterocycles. The third-order valence-electron chi connectivity index (χ3n) is 5.62. The molecule has 2 N–H and O–H groups in total. The van der Waals surface area contributed by atoms with Gasteiger partial charge in [-0.1, -0.05) is 40.5 Å². The van der Waals surface area contributed by atoms with Gasteiger partial charge in [0.25, 0.3) is 0 Å². The smallest absolute Gasteiger partial charge is 0.388 e. The SMILES string of the molecule is CCCC(CCCC(C)(C)C)N/C=C(\C=N)c1cc(C(F)(F)F)c(C#N)c(N2CCC2)n1. The van der Waals surface area contributed by atoms with E-state index in [1.54, 1.807) is 17.2 Å². The lowest BCUT2D eigenvalue weighted by molar-refractivity contribution is -0.137. The highest BCUT2D eigenvalue weighted by atomic mass is 19.4. The molecule has 1 saturated heterocycles. The Morgan fingerprint density at radius 3 is 2.47 bits per heavy atom. The van der Waals surface area contributed by atoms with Crippen LogP contribution >= 0.6 is 0 Å². The van der Waals surface area contributed by atoms with Crippen molar-refractivity contribution in [2.45, 2.75) is 78.4 Å². The van der Waals surface area contributed by atoms with Crippen LogP contribution in [-0.4, -0.2) is 30.3 Å². The van der Waals surface area contributed by atoms with Crippen LogP contribution in [0.15, 0.2) is 12.3 Å². The number of nitrogens with one attached hydrogen (secondary N) is 2. The second-order valence-corrected chi connectivity index (χ2v) is 9.55. The number of alkyl halides is 3. The van der Waals surface area contributed by atoms with Crippen LogP contribution in [0.5, 0.6) is 0 Å². The first kappa shape index (κ1) is 25.7. The Bertz CT molecular complexity index is 858. The molecule has 2 rings (SSSR count). The average molecular weight is 450 g/mol. The molecule has 0 radical (unpaired) electrons. The van der Waals surface area contributed by atoms with Crippen LogP contribution in [0.25, 0.3) is 5.57 Å². The molecular formula is C24H34F3N5. The Balaban J connectivity index is 2.34. The van der Waals surface area contributed by atoms with Crippen LogP contribution in [0, 0.1) is 22.2 Å². The summed E-state index contributed by atoms with van der Waals surface area (Å²) in [4.78, 5) is 6.05. The molecule has 32 heavy (non-hydrogen) atoms. The zero-order valence-corrected chi connectivity index (χ0v) is 19.4. The van der Waals surface area contributed by atoms with E-state index in [9.17, 15) is 18.4 Å². The van der Waals surface area contributed by atoms with Crippen molar-refractivity contribution in [2.24, 2.45) is 5.41 Å². The number of nitrogens with zero attached hydrogens (tertiary/aromatic N) is 3. The first-order valence-corrected chi connectivity index (χ1v) is 11.2. The molecule has 1 unspecified atom stereocenters. The van der Waals surface area contributed by atoms with Crippen LogP contribution < -0.4 is 10.2 Å². The van der Waals surface area contributed by atoms with Crippen molar-refractivity contribution < 1.29 is 13.2 Å². The van der Waals surface area contributed by atoms with E-state index in [1.165, 1.54) is 0 Å². The molecule has 0 bridgehead atoms. The molecule has 0 amide bonds. The van der Waals surface area contributed by atoms with Gasteiger partial charge in [0.05, 0.1) is 11.3 Å². The summed E-state index contributed by atoms with van der Waals surface area (Å²) >= 11 is 0. The van der Waals surface area contributed by atoms with Crippen LogP contribution in [-0.2, 0) is 6.18 Å². The van der Waals surface area contributed by atoms with Gasteiger partial charge in [-0.25, -0.2) is 4.98 Å². The van der Waals surface area contributed by atoms with Crippen molar-refractivity contribution in [3.05, 3.63) is 29.1 Å². The Morgan fingerprint density at radius 2 is 2.00 bits per heavy atom. The van der Waals surface area contributed by atoms with Crippen molar-refractivity contribution in [1.29, 1.82) is 10.7 Å². The summed E-state index contributed by atoms with van der Waals surface area (Å²) in [5.74, 6) is 0.0478. The summed E-state index contributed by atoms with van der Waals surface area (Å²) in [6, 6.07) is 2.75. The molecule has 5 nitrogen and oxygen atoms in total. The molecule has 0 saturated carbocycles. The van der Waals surface area contributed by atoms with Crippen molar-refractivity contribution in [2.75, 3.05) is 18.0 Å². The average Bonchev–Trinajstić information content (AvgIpc) is 2.65. The first-order valence-electron chi connectivity index (χ1n) is 11.2. The highest BCUT2D eigenvalue weighted by molar-refractivity contribution is 6.07. The van der Waals surface area contributed by atoms with E-state index in [2.05, 4.69) is 38.0 Å². The maximum Gasteiger partial charge on any atom is 0.417 e. The molecule has 1 aromatic heterocycles. The molecule has 1 aromatic rings. The van der Waals surface area contributed by atoms with Gasteiger partial charge in [0.15, 0.2) is 0 Å². The molecule has 1 aliphatic rings. The van der Waals surface area contributed by atoms with Gasteiger partial charge >= 0.3 is 6.18 Å². The van der Waals surface area contributed by atoms with Crippen molar-refractivity contribution >= 4 is 17.6 Å². The highest BCUT2D eigenvalue weighted by Gasteiger charge is 2.37. The largest absolute Gasteiger partial charge is 0.417 e. The predicted octanol–water partition coefficient (Wildman–Crippen LogP) is 6.15. The van der Waals surface area contributed by atoms with E-state index in [0.29, 0.717) is 13.1 Å². The molecule has 0 aliphatic carbocycles. The van der Waals surface area contributed by atoms with Gasteiger partial charge in [0, 0.05) is 37.1 Å². The third kappa shape index (κ3) is 6.98. The van der Waals surface area contributed by atoms with Gasteiger partial charge < -0.3 is 15.6 Å². The zero-order valence-electron chi connectivity index (χ0n) is 19.4. The first-order chi connectivity index (χ1) is 15.0. The standard InChI is InChI=1S/C24H34F3N5/c1-5-8-18(9-6-10-23(2,3)4)30-16-17(14-28)21-13-20(24(25,26)27)19(15-29)22(31-21)32-11-7-12-32/h13-14,16,18,28,30H,5-12H2,1-4H3/b17-16+,28-14?. The van der Waals surface area contributed by atoms with E-state index in [4.69, 9.17) is 5.41 Å². The van der Waals surface area contributed by atoms with Gasteiger partial charge in [0.2, 0.25) is 0 Å². The number of aromatic nitrogens is 1. The zero-order chi connectivity index (χ0) is 23.9. The summed E-state index contributed by atoms with van der Waals surface area (Å²) in [5.41, 5.74) is -0.899. The summed E-state index contributed by atoms with van der Waals surface area (Å²) in [5, 5.41) is 20.5. The lowest BCUT2D eigenvalue weighted by Gasteiger charge is -2.33. The van der Waals surface area contributed by atoms with Crippen molar-refractivity contribution in [3.63, 3.8) is 0 Å². The van der Waals surface area contributed by atoms with Crippen molar-refractivity contribution in [1.82, 2.24) is 10.3 Å². The summed E-state index contributed by atoms with van der Waals surface area (Å²) in [6.45, 7) is 9.83. The summed E-state index contributed by atoms with van der Waals surface area (Å²) < 4.78 is 41.1. The Morgan fingerprint density at radius 1 is 1.31 bits per heavy atom. The van der Waals surface area contributed by atoms with Gasteiger partial charge in [0.1, 0.15) is 17.5 Å². The number of nitriles is 1. The molecule has 176 valence electrons. The number of pyridine rings is 1. The fourth-order valence-corrected chi connectivity index (χ4v) is 3.71.